The normalized spacial score (nSPS) is 10.8. The maximum atomic E-state index is 9.21. The number of aliphatic hydroxyl groups is 1. The van der Waals surface area contributed by atoms with Crippen LogP contribution < -0.4 is 0 Å². The van der Waals surface area contributed by atoms with Crippen LogP contribution in [-0.4, -0.2) is 14.9 Å². The molecule has 2 rings (SSSR count). The Morgan fingerprint density at radius 2 is 2.06 bits per heavy atom. The number of aliphatic hydroxyl groups excluding tert-OH is 1. The summed E-state index contributed by atoms with van der Waals surface area (Å²) < 4.78 is 1.77. The zero-order chi connectivity index (χ0) is 12.4. The molecule has 0 saturated carbocycles. The molecule has 90 valence electrons. The number of halogens is 2. The molecule has 1 heterocycles. The van der Waals surface area contributed by atoms with Gasteiger partial charge in [-0.2, -0.15) is 5.10 Å². The minimum atomic E-state index is -0.00943. The summed E-state index contributed by atoms with van der Waals surface area (Å²) in [6, 6.07) is 5.34. The van der Waals surface area contributed by atoms with Gasteiger partial charge >= 0.3 is 0 Å². The summed E-state index contributed by atoms with van der Waals surface area (Å²) in [5.41, 5.74) is 2.65. The molecule has 0 radical (unpaired) electrons. The van der Waals surface area contributed by atoms with E-state index in [1.807, 2.05) is 13.0 Å². The smallest absolute Gasteiger partial charge is 0.0715 e. The van der Waals surface area contributed by atoms with Crippen molar-refractivity contribution >= 4 is 23.2 Å². The van der Waals surface area contributed by atoms with Crippen molar-refractivity contribution in [1.82, 2.24) is 9.78 Å². The molecule has 0 bridgehead atoms. The second-order valence-electron chi connectivity index (χ2n) is 3.64. The van der Waals surface area contributed by atoms with Crippen LogP contribution in [0.25, 0.3) is 5.69 Å². The third-order valence-corrected chi connectivity index (χ3v) is 3.35. The summed E-state index contributed by atoms with van der Waals surface area (Å²) in [5, 5.41) is 14.5. The first-order chi connectivity index (χ1) is 8.17. The van der Waals surface area contributed by atoms with Crippen molar-refractivity contribution in [3.63, 3.8) is 0 Å². The van der Waals surface area contributed by atoms with E-state index in [4.69, 9.17) is 23.2 Å². The first kappa shape index (κ1) is 12.4. The molecule has 0 amide bonds. The van der Waals surface area contributed by atoms with Crippen molar-refractivity contribution in [3.05, 3.63) is 45.7 Å². The van der Waals surface area contributed by atoms with Gasteiger partial charge in [-0.1, -0.05) is 30.1 Å². The van der Waals surface area contributed by atoms with Crippen molar-refractivity contribution in [2.45, 2.75) is 20.0 Å². The van der Waals surface area contributed by atoms with Crippen molar-refractivity contribution in [3.8, 4) is 5.69 Å². The lowest BCUT2D eigenvalue weighted by atomic mass is 10.2. The standard InChI is InChI=1S/C12H12Cl2N2O/c1-2-12-8(7-17)6-15-16(12)9-3-4-10(13)11(14)5-9/h3-6,17H,2,7H2,1H3. The Morgan fingerprint density at radius 1 is 1.29 bits per heavy atom. The van der Waals surface area contributed by atoms with Crippen LogP contribution in [0.15, 0.2) is 24.4 Å². The molecule has 1 N–H and O–H groups in total. The Bertz CT molecular complexity index is 537. The highest BCUT2D eigenvalue weighted by molar-refractivity contribution is 6.42. The van der Waals surface area contributed by atoms with Crippen LogP contribution in [0.3, 0.4) is 0 Å². The van der Waals surface area contributed by atoms with Crippen LogP contribution in [0.1, 0.15) is 18.2 Å². The molecule has 2 aromatic rings. The second-order valence-corrected chi connectivity index (χ2v) is 4.45. The average molecular weight is 271 g/mol. The Morgan fingerprint density at radius 3 is 2.65 bits per heavy atom. The fourth-order valence-corrected chi connectivity index (χ4v) is 2.05. The lowest BCUT2D eigenvalue weighted by Gasteiger charge is -2.08. The van der Waals surface area contributed by atoms with E-state index in [0.717, 1.165) is 23.4 Å². The quantitative estimate of drug-likeness (QED) is 0.930. The van der Waals surface area contributed by atoms with Gasteiger partial charge in [0.15, 0.2) is 0 Å². The molecule has 0 aliphatic carbocycles. The van der Waals surface area contributed by atoms with Crippen molar-refractivity contribution < 1.29 is 5.11 Å². The lowest BCUT2D eigenvalue weighted by molar-refractivity contribution is 0.280. The number of aromatic nitrogens is 2. The van der Waals surface area contributed by atoms with E-state index in [9.17, 15) is 5.11 Å². The maximum absolute atomic E-state index is 9.21. The number of hydrogen-bond donors (Lipinski definition) is 1. The Labute approximate surface area is 110 Å². The van der Waals surface area contributed by atoms with E-state index in [0.29, 0.717) is 10.0 Å². The van der Waals surface area contributed by atoms with E-state index in [-0.39, 0.29) is 6.61 Å². The van der Waals surface area contributed by atoms with Gasteiger partial charge in [-0.25, -0.2) is 4.68 Å². The third-order valence-electron chi connectivity index (χ3n) is 2.61. The predicted molar refractivity (Wildman–Crippen MR) is 68.9 cm³/mol. The molecule has 1 aromatic heterocycles. The monoisotopic (exact) mass is 270 g/mol. The van der Waals surface area contributed by atoms with E-state index < -0.39 is 0 Å². The van der Waals surface area contributed by atoms with Crippen molar-refractivity contribution in [2.24, 2.45) is 0 Å². The van der Waals surface area contributed by atoms with Gasteiger partial charge < -0.3 is 5.11 Å². The second kappa shape index (κ2) is 5.08. The molecule has 0 aliphatic rings. The highest BCUT2D eigenvalue weighted by Crippen LogP contribution is 2.25. The molecule has 0 saturated heterocycles. The molecule has 1 aromatic carbocycles. The molecule has 0 spiro atoms. The molecule has 3 nitrogen and oxygen atoms in total. The fraction of sp³-hybridized carbons (Fsp3) is 0.250. The summed E-state index contributed by atoms with van der Waals surface area (Å²) >= 11 is 11.9. The van der Waals surface area contributed by atoms with E-state index in [1.165, 1.54) is 0 Å². The van der Waals surface area contributed by atoms with E-state index >= 15 is 0 Å². The van der Waals surface area contributed by atoms with Gasteiger partial charge in [-0.05, 0) is 24.6 Å². The SMILES string of the molecule is CCc1c(CO)cnn1-c1ccc(Cl)c(Cl)c1. The van der Waals surface area contributed by atoms with Crippen LogP contribution in [-0.2, 0) is 13.0 Å². The minimum Gasteiger partial charge on any atom is -0.392 e. The van der Waals surface area contributed by atoms with E-state index in [2.05, 4.69) is 5.10 Å². The Balaban J connectivity index is 2.52. The topological polar surface area (TPSA) is 38.1 Å². The van der Waals surface area contributed by atoms with Gasteiger partial charge in [0.2, 0.25) is 0 Å². The largest absolute Gasteiger partial charge is 0.392 e. The van der Waals surface area contributed by atoms with Crippen molar-refractivity contribution in [2.75, 3.05) is 0 Å². The zero-order valence-corrected chi connectivity index (χ0v) is 10.8. The van der Waals surface area contributed by atoms with Crippen LogP contribution >= 0.6 is 23.2 Å². The lowest BCUT2D eigenvalue weighted by Crippen LogP contribution is -2.02. The number of rotatable bonds is 3. The summed E-state index contributed by atoms with van der Waals surface area (Å²) in [4.78, 5) is 0. The molecule has 5 heteroatoms. The van der Waals surface area contributed by atoms with Gasteiger partial charge in [-0.3, -0.25) is 0 Å². The van der Waals surface area contributed by atoms with Gasteiger partial charge in [0.05, 0.1) is 28.5 Å². The van der Waals surface area contributed by atoms with Crippen LogP contribution in [0.4, 0.5) is 0 Å². The van der Waals surface area contributed by atoms with Gasteiger partial charge in [0.25, 0.3) is 0 Å². The highest BCUT2D eigenvalue weighted by Gasteiger charge is 2.10. The van der Waals surface area contributed by atoms with Crippen LogP contribution in [0.2, 0.25) is 10.0 Å². The maximum Gasteiger partial charge on any atom is 0.0715 e. The molecule has 0 fully saturated rings. The number of nitrogens with zero attached hydrogens (tertiary/aromatic N) is 2. The molecule has 0 aliphatic heterocycles. The fourth-order valence-electron chi connectivity index (χ4n) is 1.76. The van der Waals surface area contributed by atoms with Crippen LogP contribution in [0.5, 0.6) is 0 Å². The van der Waals surface area contributed by atoms with Crippen LogP contribution in [0, 0.1) is 0 Å². The number of hydrogen-bond acceptors (Lipinski definition) is 2. The third kappa shape index (κ3) is 2.32. The molecule has 0 unspecified atom stereocenters. The summed E-state index contributed by atoms with van der Waals surface area (Å²) in [7, 11) is 0. The van der Waals surface area contributed by atoms with Gasteiger partial charge in [0.1, 0.15) is 0 Å². The summed E-state index contributed by atoms with van der Waals surface area (Å²) in [5.74, 6) is 0. The zero-order valence-electron chi connectivity index (χ0n) is 9.32. The summed E-state index contributed by atoms with van der Waals surface area (Å²) in [6.45, 7) is 2.01. The number of benzene rings is 1. The van der Waals surface area contributed by atoms with Gasteiger partial charge in [-0.15, -0.1) is 0 Å². The summed E-state index contributed by atoms with van der Waals surface area (Å²) in [6.07, 6.45) is 2.46. The minimum absolute atomic E-state index is 0.00943. The Kier molecular flexibility index (Phi) is 3.72. The first-order valence-corrected chi connectivity index (χ1v) is 6.05. The average Bonchev–Trinajstić information content (AvgIpc) is 2.75. The molecular weight excluding hydrogens is 259 g/mol. The van der Waals surface area contributed by atoms with Gasteiger partial charge in [0, 0.05) is 11.3 Å². The molecular formula is C12H12Cl2N2O. The molecule has 17 heavy (non-hydrogen) atoms. The first-order valence-electron chi connectivity index (χ1n) is 5.29. The van der Waals surface area contributed by atoms with Crippen molar-refractivity contribution in [1.29, 1.82) is 0 Å². The Hall–Kier alpha value is -1.03. The predicted octanol–water partition coefficient (Wildman–Crippen LogP) is 3.23. The highest BCUT2D eigenvalue weighted by atomic mass is 35.5. The van der Waals surface area contributed by atoms with E-state index in [1.54, 1.807) is 23.0 Å². The molecule has 0 atom stereocenters.